The predicted molar refractivity (Wildman–Crippen MR) is 104 cm³/mol. The number of nitro groups is 1. The maximum absolute atomic E-state index is 12.6. The predicted octanol–water partition coefficient (Wildman–Crippen LogP) is 3.76. The minimum absolute atomic E-state index is 0.0205. The van der Waals surface area contributed by atoms with E-state index in [-0.39, 0.29) is 17.6 Å². The number of carbonyl (C=O) groups excluding carboxylic acids is 1. The number of ether oxygens (including phenoxy) is 1. The summed E-state index contributed by atoms with van der Waals surface area (Å²) in [4.78, 5) is 23.2. The van der Waals surface area contributed by atoms with Crippen molar-refractivity contribution >= 4 is 17.3 Å². The number of benzene rings is 2. The normalized spacial score (nSPS) is 17.6. The third kappa shape index (κ3) is 2.89. The molecule has 0 saturated heterocycles. The number of aryl methyl sites for hydroxylation is 1. The molecule has 0 fully saturated rings. The average molecular weight is 379 g/mol. The largest absolute Gasteiger partial charge is 0.497 e. The standard InChI is InChI=1S/C21H21N3O4/c1-3-19(25)23-21(13-4-7-15(8-5-13)24(26)27)18-10-6-14-12-16(28-2)9-11-17(14)20(18)22-23/h4-5,7-9,11-12,21-22H,3,6,10H2,1-2H3/t21-/m0/s1. The molecule has 7 nitrogen and oxygen atoms in total. The molecule has 1 atom stereocenters. The first kappa shape index (κ1) is 18.0. The van der Waals surface area contributed by atoms with Crippen LogP contribution in [0, 0.1) is 10.1 Å². The van der Waals surface area contributed by atoms with Gasteiger partial charge in [0.15, 0.2) is 0 Å². The third-order valence-electron chi connectivity index (χ3n) is 5.38. The fraction of sp³-hybridized carbons (Fsp3) is 0.286. The van der Waals surface area contributed by atoms with Gasteiger partial charge in [-0.15, -0.1) is 0 Å². The van der Waals surface area contributed by atoms with E-state index in [1.54, 1.807) is 24.3 Å². The van der Waals surface area contributed by atoms with Crippen LogP contribution >= 0.6 is 0 Å². The first-order chi connectivity index (χ1) is 13.5. The van der Waals surface area contributed by atoms with Gasteiger partial charge in [-0.25, -0.2) is 5.01 Å². The molecule has 0 spiro atoms. The van der Waals surface area contributed by atoms with Gasteiger partial charge in [0.2, 0.25) is 5.91 Å². The van der Waals surface area contributed by atoms with Crippen molar-refractivity contribution in [3.05, 3.63) is 74.8 Å². The summed E-state index contributed by atoms with van der Waals surface area (Å²) in [7, 11) is 1.65. The number of nitrogens with one attached hydrogen (secondary N) is 1. The summed E-state index contributed by atoms with van der Waals surface area (Å²) in [6, 6.07) is 12.2. The van der Waals surface area contributed by atoms with E-state index >= 15 is 0 Å². The molecule has 0 aromatic heterocycles. The van der Waals surface area contributed by atoms with Crippen molar-refractivity contribution in [2.45, 2.75) is 32.2 Å². The lowest BCUT2D eigenvalue weighted by Crippen LogP contribution is -2.39. The quantitative estimate of drug-likeness (QED) is 0.646. The van der Waals surface area contributed by atoms with Crippen molar-refractivity contribution in [1.29, 1.82) is 0 Å². The number of hydrogen-bond acceptors (Lipinski definition) is 5. The number of hydrogen-bond donors (Lipinski definition) is 1. The molecule has 2 aliphatic rings. The van der Waals surface area contributed by atoms with Crippen LogP contribution in [0.25, 0.3) is 5.70 Å². The fourth-order valence-electron chi connectivity index (χ4n) is 3.97. The van der Waals surface area contributed by atoms with Gasteiger partial charge in [-0.05, 0) is 59.9 Å². The lowest BCUT2D eigenvalue weighted by atomic mass is 9.85. The zero-order chi connectivity index (χ0) is 19.8. The Morgan fingerprint density at radius 1 is 1.25 bits per heavy atom. The molecule has 2 aromatic carbocycles. The van der Waals surface area contributed by atoms with Gasteiger partial charge < -0.3 is 4.74 Å². The zero-order valence-corrected chi connectivity index (χ0v) is 15.8. The van der Waals surface area contributed by atoms with Crippen LogP contribution in [0.1, 0.15) is 42.5 Å². The molecule has 2 aromatic rings. The first-order valence-electron chi connectivity index (χ1n) is 9.27. The molecule has 1 amide bonds. The van der Waals surface area contributed by atoms with Gasteiger partial charge in [0, 0.05) is 24.1 Å². The summed E-state index contributed by atoms with van der Waals surface area (Å²) in [6.07, 6.45) is 2.02. The number of hydrazine groups is 1. The van der Waals surface area contributed by atoms with Gasteiger partial charge in [-0.1, -0.05) is 6.92 Å². The van der Waals surface area contributed by atoms with Crippen LogP contribution in [-0.2, 0) is 11.2 Å². The van der Waals surface area contributed by atoms with E-state index in [0.717, 1.165) is 41.0 Å². The Bertz CT molecular complexity index is 982. The molecular formula is C21H21N3O4. The maximum atomic E-state index is 12.6. The Balaban J connectivity index is 1.79. The Labute approximate surface area is 162 Å². The van der Waals surface area contributed by atoms with Gasteiger partial charge in [-0.3, -0.25) is 20.3 Å². The number of methoxy groups -OCH3 is 1. The van der Waals surface area contributed by atoms with Crippen molar-refractivity contribution in [1.82, 2.24) is 10.4 Å². The van der Waals surface area contributed by atoms with Crippen LogP contribution in [-0.4, -0.2) is 22.9 Å². The van der Waals surface area contributed by atoms with Crippen LogP contribution in [0.5, 0.6) is 5.75 Å². The molecule has 1 aliphatic heterocycles. The molecule has 0 radical (unpaired) electrons. The van der Waals surface area contributed by atoms with Crippen molar-refractivity contribution in [2.24, 2.45) is 0 Å². The van der Waals surface area contributed by atoms with Crippen LogP contribution in [0.4, 0.5) is 5.69 Å². The average Bonchev–Trinajstić information content (AvgIpc) is 3.12. The van der Waals surface area contributed by atoms with E-state index < -0.39 is 4.92 Å². The zero-order valence-electron chi connectivity index (χ0n) is 15.8. The smallest absolute Gasteiger partial charge is 0.269 e. The Morgan fingerprint density at radius 3 is 2.64 bits per heavy atom. The number of nitro benzene ring substituents is 1. The van der Waals surface area contributed by atoms with Crippen molar-refractivity contribution in [3.63, 3.8) is 0 Å². The van der Waals surface area contributed by atoms with Gasteiger partial charge in [0.1, 0.15) is 11.8 Å². The molecular weight excluding hydrogens is 358 g/mol. The number of carbonyl (C=O) groups is 1. The number of amides is 1. The number of nitrogens with zero attached hydrogens (tertiary/aromatic N) is 2. The van der Waals surface area contributed by atoms with Crippen molar-refractivity contribution in [3.8, 4) is 5.75 Å². The van der Waals surface area contributed by atoms with Crippen LogP contribution in [0.15, 0.2) is 48.0 Å². The summed E-state index contributed by atoms with van der Waals surface area (Å²) in [6.45, 7) is 1.83. The number of fused-ring (bicyclic) bond motifs is 2. The van der Waals surface area contributed by atoms with Crippen LogP contribution < -0.4 is 10.2 Å². The summed E-state index contributed by atoms with van der Waals surface area (Å²) >= 11 is 0. The molecule has 1 aliphatic carbocycles. The summed E-state index contributed by atoms with van der Waals surface area (Å²) in [5.41, 5.74) is 8.55. The van der Waals surface area contributed by atoms with Gasteiger partial charge in [-0.2, -0.15) is 0 Å². The lowest BCUT2D eigenvalue weighted by Gasteiger charge is -2.26. The van der Waals surface area contributed by atoms with E-state index in [9.17, 15) is 14.9 Å². The monoisotopic (exact) mass is 379 g/mol. The molecule has 0 unspecified atom stereocenters. The van der Waals surface area contributed by atoms with E-state index in [0.29, 0.717) is 6.42 Å². The maximum Gasteiger partial charge on any atom is 0.269 e. The Morgan fingerprint density at radius 2 is 2.00 bits per heavy atom. The third-order valence-corrected chi connectivity index (χ3v) is 5.38. The molecule has 144 valence electrons. The highest BCUT2D eigenvalue weighted by Gasteiger charge is 2.39. The first-order valence-corrected chi connectivity index (χ1v) is 9.27. The minimum atomic E-state index is -0.416. The second-order valence-corrected chi connectivity index (χ2v) is 6.90. The van der Waals surface area contributed by atoms with E-state index in [4.69, 9.17) is 4.74 Å². The summed E-state index contributed by atoms with van der Waals surface area (Å²) in [5.74, 6) is 0.794. The number of rotatable bonds is 4. The van der Waals surface area contributed by atoms with E-state index in [1.165, 1.54) is 17.7 Å². The fourth-order valence-corrected chi connectivity index (χ4v) is 3.97. The molecule has 4 rings (SSSR count). The van der Waals surface area contributed by atoms with Crippen molar-refractivity contribution in [2.75, 3.05) is 7.11 Å². The van der Waals surface area contributed by atoms with E-state index in [1.807, 2.05) is 25.1 Å². The summed E-state index contributed by atoms with van der Waals surface area (Å²) in [5, 5.41) is 12.6. The van der Waals surface area contributed by atoms with Crippen molar-refractivity contribution < 1.29 is 14.5 Å². The van der Waals surface area contributed by atoms with Crippen LogP contribution in [0.2, 0.25) is 0 Å². The topological polar surface area (TPSA) is 84.7 Å². The molecule has 7 heteroatoms. The van der Waals surface area contributed by atoms with Gasteiger partial charge >= 0.3 is 0 Å². The van der Waals surface area contributed by atoms with E-state index in [2.05, 4.69) is 5.43 Å². The highest BCUT2D eigenvalue weighted by molar-refractivity contribution is 5.83. The molecule has 0 bridgehead atoms. The Kier molecular flexibility index (Phi) is 4.50. The van der Waals surface area contributed by atoms with Crippen LogP contribution in [0.3, 0.4) is 0 Å². The minimum Gasteiger partial charge on any atom is -0.497 e. The van der Waals surface area contributed by atoms with Gasteiger partial charge in [0.25, 0.3) is 5.69 Å². The Hall–Kier alpha value is -3.35. The highest BCUT2D eigenvalue weighted by Crippen LogP contribution is 2.45. The molecule has 28 heavy (non-hydrogen) atoms. The second kappa shape index (κ2) is 6.99. The highest BCUT2D eigenvalue weighted by atomic mass is 16.6. The molecule has 1 N–H and O–H groups in total. The molecule has 1 heterocycles. The molecule has 0 saturated carbocycles. The number of non-ortho nitro benzene ring substituents is 1. The second-order valence-electron chi connectivity index (χ2n) is 6.90. The lowest BCUT2D eigenvalue weighted by molar-refractivity contribution is -0.384. The summed E-state index contributed by atoms with van der Waals surface area (Å²) < 4.78 is 5.33. The SMILES string of the molecule is CCC(=O)N1NC2=C(CCc3cc(OC)ccc32)[C@@H]1c1ccc([N+](=O)[O-])cc1. The van der Waals surface area contributed by atoms with Gasteiger partial charge in [0.05, 0.1) is 17.7 Å².